The number of rotatable bonds is 6. The molecule has 5 rings (SSSR count). The third kappa shape index (κ3) is 3.98. The highest BCUT2D eigenvalue weighted by Gasteiger charge is 2.53. The number of aliphatic hydroxyl groups is 1. The summed E-state index contributed by atoms with van der Waals surface area (Å²) in [5.74, 6) is 1.71. The largest absolute Gasteiger partial charge is 0.491 e. The number of hydrogen-bond donors (Lipinski definition) is 1. The average molecular weight is 409 g/mol. The molecule has 2 aliphatic heterocycles. The van der Waals surface area contributed by atoms with Gasteiger partial charge in [0, 0.05) is 38.4 Å². The molecule has 2 saturated heterocycles. The van der Waals surface area contributed by atoms with E-state index in [1.807, 2.05) is 25.3 Å². The van der Waals surface area contributed by atoms with Crippen LogP contribution in [-0.4, -0.2) is 47.4 Å². The van der Waals surface area contributed by atoms with Crippen LogP contribution in [0.15, 0.2) is 42.6 Å². The Balaban J connectivity index is 1.22. The highest BCUT2D eigenvalue weighted by atomic mass is 16.5. The van der Waals surface area contributed by atoms with Crippen molar-refractivity contribution in [2.75, 3.05) is 26.3 Å². The monoisotopic (exact) mass is 408 g/mol. The summed E-state index contributed by atoms with van der Waals surface area (Å²) >= 11 is 0. The summed E-state index contributed by atoms with van der Waals surface area (Å²) in [7, 11) is 0. The first kappa shape index (κ1) is 20.0. The number of hydrogen-bond acceptors (Lipinski definition) is 5. The topological polar surface area (TPSA) is 54.8 Å². The lowest BCUT2D eigenvalue weighted by atomic mass is 9.85. The fourth-order valence-corrected chi connectivity index (χ4v) is 5.51. The molecule has 5 heteroatoms. The Morgan fingerprint density at radius 3 is 2.97 bits per heavy atom. The van der Waals surface area contributed by atoms with Crippen molar-refractivity contribution >= 4 is 0 Å². The van der Waals surface area contributed by atoms with E-state index in [1.165, 1.54) is 5.56 Å². The van der Waals surface area contributed by atoms with Gasteiger partial charge in [0.2, 0.25) is 0 Å². The molecule has 3 heterocycles. The Hall–Kier alpha value is -1.95. The number of aromatic nitrogens is 1. The molecule has 2 aromatic rings. The van der Waals surface area contributed by atoms with E-state index in [-0.39, 0.29) is 12.0 Å². The highest BCUT2D eigenvalue weighted by Crippen LogP contribution is 2.50. The second-order valence-corrected chi connectivity index (χ2v) is 9.34. The Morgan fingerprint density at radius 1 is 1.23 bits per heavy atom. The number of aryl methyl sites for hydroxylation is 1. The molecule has 3 aliphatic rings. The summed E-state index contributed by atoms with van der Waals surface area (Å²) in [6.07, 6.45) is 6.22. The van der Waals surface area contributed by atoms with Crippen LogP contribution in [-0.2, 0) is 16.9 Å². The number of pyridine rings is 1. The quantitative estimate of drug-likeness (QED) is 0.790. The first-order valence-corrected chi connectivity index (χ1v) is 11.3. The first-order valence-electron chi connectivity index (χ1n) is 11.3. The molecular weight excluding hydrogens is 376 g/mol. The maximum Gasteiger partial charge on any atom is 0.119 e. The van der Waals surface area contributed by atoms with E-state index in [2.05, 4.69) is 34.1 Å². The summed E-state index contributed by atoms with van der Waals surface area (Å²) in [6, 6.07) is 12.5. The van der Waals surface area contributed by atoms with Crippen LogP contribution in [0.4, 0.5) is 0 Å². The minimum absolute atomic E-state index is 0.236. The molecule has 1 aromatic heterocycles. The van der Waals surface area contributed by atoms with Gasteiger partial charge in [-0.2, -0.15) is 0 Å². The Morgan fingerprint density at radius 2 is 2.17 bits per heavy atom. The van der Waals surface area contributed by atoms with Gasteiger partial charge in [-0.25, -0.2) is 0 Å². The highest BCUT2D eigenvalue weighted by molar-refractivity contribution is 5.29. The molecule has 1 N–H and O–H groups in total. The molecule has 1 aromatic carbocycles. The van der Waals surface area contributed by atoms with Gasteiger partial charge < -0.3 is 14.6 Å². The van der Waals surface area contributed by atoms with Crippen LogP contribution in [0.25, 0.3) is 0 Å². The van der Waals surface area contributed by atoms with E-state index >= 15 is 0 Å². The van der Waals surface area contributed by atoms with E-state index < -0.39 is 5.60 Å². The maximum absolute atomic E-state index is 11.5. The Kier molecular flexibility index (Phi) is 5.52. The average Bonchev–Trinajstić information content (AvgIpc) is 3.47. The predicted octanol–water partition coefficient (Wildman–Crippen LogP) is 3.68. The van der Waals surface area contributed by atoms with Gasteiger partial charge in [-0.05, 0) is 67.9 Å². The van der Waals surface area contributed by atoms with Gasteiger partial charge in [0.05, 0.1) is 11.8 Å². The molecular formula is C25H32N2O3. The lowest BCUT2D eigenvalue weighted by Crippen LogP contribution is -2.35. The SMILES string of the molecule is Cc1ccc([C@@]2(O)CC[C@@H]3CN(Cc4cccc(OCC5CCCO5)c4)C[C@@H]32)nc1. The molecule has 3 fully saturated rings. The van der Waals surface area contributed by atoms with Gasteiger partial charge in [-0.15, -0.1) is 0 Å². The summed E-state index contributed by atoms with van der Waals surface area (Å²) in [4.78, 5) is 7.05. The van der Waals surface area contributed by atoms with Crippen LogP contribution in [0.3, 0.4) is 0 Å². The zero-order valence-electron chi connectivity index (χ0n) is 17.8. The van der Waals surface area contributed by atoms with Crippen LogP contribution in [0.1, 0.15) is 42.5 Å². The van der Waals surface area contributed by atoms with Crippen molar-refractivity contribution in [3.63, 3.8) is 0 Å². The van der Waals surface area contributed by atoms with Gasteiger partial charge >= 0.3 is 0 Å². The fraction of sp³-hybridized carbons (Fsp3) is 0.560. The number of ether oxygens (including phenoxy) is 2. The minimum atomic E-state index is -0.792. The zero-order chi connectivity index (χ0) is 20.6. The van der Waals surface area contributed by atoms with E-state index in [9.17, 15) is 5.11 Å². The molecule has 1 aliphatic carbocycles. The molecule has 4 atom stereocenters. The van der Waals surface area contributed by atoms with E-state index in [1.54, 1.807) is 0 Å². The van der Waals surface area contributed by atoms with Gasteiger partial charge in [-0.1, -0.05) is 18.2 Å². The van der Waals surface area contributed by atoms with Gasteiger partial charge in [0.25, 0.3) is 0 Å². The zero-order valence-corrected chi connectivity index (χ0v) is 17.8. The van der Waals surface area contributed by atoms with E-state index in [0.29, 0.717) is 12.5 Å². The normalized spacial score (nSPS) is 31.2. The standard InChI is InChI=1S/C25H32N2O3/c1-18-7-8-24(26-13-18)25(28)10-9-20-15-27(16-23(20)25)14-19-4-2-5-21(12-19)30-17-22-6-3-11-29-22/h2,4-5,7-8,12-13,20,22-23,28H,3,6,9-11,14-17H2,1H3/t20-,22?,23+,25-/m1/s1. The molecule has 0 radical (unpaired) electrons. The van der Waals surface area contributed by atoms with E-state index in [0.717, 1.165) is 68.9 Å². The number of fused-ring (bicyclic) bond motifs is 1. The molecule has 0 spiro atoms. The maximum atomic E-state index is 11.5. The molecule has 1 unspecified atom stereocenters. The van der Waals surface area contributed by atoms with Gasteiger partial charge in [0.1, 0.15) is 18.0 Å². The molecule has 0 bridgehead atoms. The number of nitrogens with zero attached hydrogens (tertiary/aromatic N) is 2. The Labute approximate surface area is 179 Å². The first-order chi connectivity index (χ1) is 14.6. The smallest absolute Gasteiger partial charge is 0.119 e. The molecule has 5 nitrogen and oxygen atoms in total. The minimum Gasteiger partial charge on any atom is -0.491 e. The summed E-state index contributed by atoms with van der Waals surface area (Å²) in [6.45, 7) is 6.37. The third-order valence-electron chi connectivity index (χ3n) is 7.15. The fourth-order valence-electron chi connectivity index (χ4n) is 5.51. The van der Waals surface area contributed by atoms with Crippen molar-refractivity contribution in [1.29, 1.82) is 0 Å². The van der Waals surface area contributed by atoms with E-state index in [4.69, 9.17) is 9.47 Å². The second-order valence-electron chi connectivity index (χ2n) is 9.34. The summed E-state index contributed by atoms with van der Waals surface area (Å²) in [5, 5.41) is 11.5. The molecule has 1 saturated carbocycles. The van der Waals surface area contributed by atoms with Crippen molar-refractivity contribution in [3.8, 4) is 5.75 Å². The number of benzene rings is 1. The van der Waals surface area contributed by atoms with Crippen LogP contribution >= 0.6 is 0 Å². The van der Waals surface area contributed by atoms with Crippen molar-refractivity contribution in [2.24, 2.45) is 11.8 Å². The summed E-state index contributed by atoms with van der Waals surface area (Å²) in [5.41, 5.74) is 2.44. The lowest BCUT2D eigenvalue weighted by Gasteiger charge is -2.30. The number of likely N-dealkylation sites (tertiary alicyclic amines) is 1. The van der Waals surface area contributed by atoms with Crippen LogP contribution in [0, 0.1) is 18.8 Å². The van der Waals surface area contributed by atoms with Crippen LogP contribution < -0.4 is 4.74 Å². The predicted molar refractivity (Wildman–Crippen MR) is 115 cm³/mol. The second kappa shape index (κ2) is 8.29. The van der Waals surface area contributed by atoms with Gasteiger partial charge in [-0.3, -0.25) is 9.88 Å². The van der Waals surface area contributed by atoms with Crippen LogP contribution in [0.5, 0.6) is 5.75 Å². The summed E-state index contributed by atoms with van der Waals surface area (Å²) < 4.78 is 11.6. The molecule has 30 heavy (non-hydrogen) atoms. The van der Waals surface area contributed by atoms with Gasteiger partial charge in [0.15, 0.2) is 0 Å². The van der Waals surface area contributed by atoms with Crippen molar-refractivity contribution in [1.82, 2.24) is 9.88 Å². The van der Waals surface area contributed by atoms with Crippen molar-refractivity contribution in [3.05, 3.63) is 59.4 Å². The Bertz CT molecular complexity index is 865. The molecule has 0 amide bonds. The van der Waals surface area contributed by atoms with Crippen molar-refractivity contribution in [2.45, 2.75) is 50.9 Å². The third-order valence-corrected chi connectivity index (χ3v) is 7.15. The van der Waals surface area contributed by atoms with Crippen LogP contribution in [0.2, 0.25) is 0 Å². The molecule has 160 valence electrons. The van der Waals surface area contributed by atoms with Crippen molar-refractivity contribution < 1.29 is 14.6 Å². The lowest BCUT2D eigenvalue weighted by molar-refractivity contribution is -0.0108.